The minimum Gasteiger partial charge on any atom is -0.0829 e. The van der Waals surface area contributed by atoms with Crippen LogP contribution in [0.3, 0.4) is 0 Å². The highest BCUT2D eigenvalue weighted by Gasteiger charge is 2.36. The molecule has 0 heteroatoms. The average Bonchev–Trinajstić information content (AvgIpc) is 2.46. The zero-order valence-electron chi connectivity index (χ0n) is 9.96. The van der Waals surface area contributed by atoms with E-state index in [-0.39, 0.29) is 5.41 Å². The fraction of sp³-hybridized carbons (Fsp3) is 0.333. The Bertz CT molecular complexity index is 445. The third kappa shape index (κ3) is 1.28. The van der Waals surface area contributed by atoms with Crippen molar-refractivity contribution < 1.29 is 0 Å². The van der Waals surface area contributed by atoms with Crippen molar-refractivity contribution in [3.05, 3.63) is 53.1 Å². The SMILES string of the molecule is CC=C1C(=CC)C(C)(C)c2ccccc21. The number of rotatable bonds is 0. The second-order valence-electron chi connectivity index (χ2n) is 4.58. The Hall–Kier alpha value is -1.30. The smallest absolute Gasteiger partial charge is 0.0155 e. The summed E-state index contributed by atoms with van der Waals surface area (Å²) in [4.78, 5) is 0. The molecule has 0 unspecified atom stereocenters. The fourth-order valence-corrected chi connectivity index (χ4v) is 2.72. The molecule has 15 heavy (non-hydrogen) atoms. The van der Waals surface area contributed by atoms with Crippen molar-refractivity contribution in [2.45, 2.75) is 33.1 Å². The Balaban J connectivity index is 2.76. The molecule has 1 aromatic carbocycles. The molecule has 0 amide bonds. The van der Waals surface area contributed by atoms with Crippen LogP contribution in [0, 0.1) is 0 Å². The number of benzene rings is 1. The van der Waals surface area contributed by atoms with Crippen LogP contribution in [0.1, 0.15) is 38.8 Å². The van der Waals surface area contributed by atoms with Crippen LogP contribution in [-0.2, 0) is 5.41 Å². The largest absolute Gasteiger partial charge is 0.0829 e. The first-order valence-corrected chi connectivity index (χ1v) is 5.56. The van der Waals surface area contributed by atoms with Crippen LogP contribution < -0.4 is 0 Å². The van der Waals surface area contributed by atoms with Gasteiger partial charge in [0.25, 0.3) is 0 Å². The van der Waals surface area contributed by atoms with Crippen LogP contribution >= 0.6 is 0 Å². The maximum atomic E-state index is 2.30. The minimum absolute atomic E-state index is 0.160. The normalized spacial score (nSPS) is 23.5. The number of allylic oxidation sites excluding steroid dienone is 4. The Morgan fingerprint density at radius 2 is 1.67 bits per heavy atom. The predicted molar refractivity (Wildman–Crippen MR) is 66.9 cm³/mol. The van der Waals surface area contributed by atoms with E-state index in [0.29, 0.717) is 0 Å². The quantitative estimate of drug-likeness (QED) is 0.582. The molecular weight excluding hydrogens is 180 g/mol. The molecule has 0 atom stereocenters. The van der Waals surface area contributed by atoms with Gasteiger partial charge in [-0.15, -0.1) is 0 Å². The van der Waals surface area contributed by atoms with Gasteiger partial charge in [-0.3, -0.25) is 0 Å². The second-order valence-corrected chi connectivity index (χ2v) is 4.58. The van der Waals surface area contributed by atoms with E-state index in [2.05, 4.69) is 64.1 Å². The van der Waals surface area contributed by atoms with Crippen LogP contribution in [0.2, 0.25) is 0 Å². The summed E-state index contributed by atoms with van der Waals surface area (Å²) in [6.45, 7) is 8.86. The van der Waals surface area contributed by atoms with Crippen molar-refractivity contribution >= 4 is 5.57 Å². The van der Waals surface area contributed by atoms with Gasteiger partial charge in [0.05, 0.1) is 0 Å². The second kappa shape index (κ2) is 3.37. The van der Waals surface area contributed by atoms with Gasteiger partial charge in [-0.2, -0.15) is 0 Å². The summed E-state index contributed by atoms with van der Waals surface area (Å²) < 4.78 is 0. The summed E-state index contributed by atoms with van der Waals surface area (Å²) in [6.07, 6.45) is 4.47. The van der Waals surface area contributed by atoms with Crippen LogP contribution in [0.4, 0.5) is 0 Å². The van der Waals surface area contributed by atoms with Crippen LogP contribution in [0.15, 0.2) is 42.0 Å². The van der Waals surface area contributed by atoms with Gasteiger partial charge in [0.15, 0.2) is 0 Å². The van der Waals surface area contributed by atoms with Gasteiger partial charge >= 0.3 is 0 Å². The van der Waals surface area contributed by atoms with Gasteiger partial charge < -0.3 is 0 Å². The zero-order chi connectivity index (χ0) is 11.1. The zero-order valence-corrected chi connectivity index (χ0v) is 9.96. The Labute approximate surface area is 92.3 Å². The standard InChI is InChI=1S/C15H18/c1-5-11-12-9-7-8-10-14(12)15(3,4)13(11)6-2/h5-10H,1-4H3. The lowest BCUT2D eigenvalue weighted by molar-refractivity contribution is 0.659. The molecule has 1 aliphatic rings. The highest BCUT2D eigenvalue weighted by atomic mass is 14.4. The van der Waals surface area contributed by atoms with E-state index in [9.17, 15) is 0 Å². The molecule has 0 nitrogen and oxygen atoms in total. The molecule has 0 saturated carbocycles. The summed E-state index contributed by atoms with van der Waals surface area (Å²) in [6, 6.07) is 8.72. The van der Waals surface area contributed by atoms with Gasteiger partial charge in [-0.1, -0.05) is 50.3 Å². The third-order valence-electron chi connectivity index (χ3n) is 3.43. The van der Waals surface area contributed by atoms with Crippen molar-refractivity contribution in [1.82, 2.24) is 0 Å². The van der Waals surface area contributed by atoms with E-state index in [1.54, 1.807) is 0 Å². The van der Waals surface area contributed by atoms with E-state index in [0.717, 1.165) is 0 Å². The molecule has 0 radical (unpaired) electrons. The molecule has 0 spiro atoms. The van der Waals surface area contributed by atoms with Crippen molar-refractivity contribution in [2.75, 3.05) is 0 Å². The maximum absolute atomic E-state index is 2.30. The van der Waals surface area contributed by atoms with Crippen molar-refractivity contribution in [2.24, 2.45) is 0 Å². The van der Waals surface area contributed by atoms with E-state index in [1.807, 2.05) is 0 Å². The molecule has 0 heterocycles. The third-order valence-corrected chi connectivity index (χ3v) is 3.43. The van der Waals surface area contributed by atoms with E-state index >= 15 is 0 Å². The molecule has 1 aliphatic carbocycles. The van der Waals surface area contributed by atoms with Crippen LogP contribution in [-0.4, -0.2) is 0 Å². The summed E-state index contributed by atoms with van der Waals surface area (Å²) in [5.74, 6) is 0. The van der Waals surface area contributed by atoms with E-state index in [1.165, 1.54) is 22.3 Å². The van der Waals surface area contributed by atoms with Crippen LogP contribution in [0.5, 0.6) is 0 Å². The van der Waals surface area contributed by atoms with Crippen molar-refractivity contribution in [1.29, 1.82) is 0 Å². The van der Waals surface area contributed by atoms with Crippen LogP contribution in [0.25, 0.3) is 5.57 Å². The average molecular weight is 198 g/mol. The maximum Gasteiger partial charge on any atom is 0.0155 e. The molecular formula is C15H18. The first kappa shape index (κ1) is 10.2. The molecule has 0 aromatic heterocycles. The molecule has 1 aromatic rings. The topological polar surface area (TPSA) is 0 Å². The summed E-state index contributed by atoms with van der Waals surface area (Å²) >= 11 is 0. The van der Waals surface area contributed by atoms with Crippen molar-refractivity contribution in [3.8, 4) is 0 Å². The van der Waals surface area contributed by atoms with Gasteiger partial charge in [0.2, 0.25) is 0 Å². The Kier molecular flexibility index (Phi) is 2.30. The molecule has 2 rings (SSSR count). The Morgan fingerprint density at radius 1 is 1.00 bits per heavy atom. The van der Waals surface area contributed by atoms with Gasteiger partial charge in [-0.25, -0.2) is 0 Å². The number of fused-ring (bicyclic) bond motifs is 1. The number of hydrogen-bond acceptors (Lipinski definition) is 0. The van der Waals surface area contributed by atoms with Gasteiger partial charge in [0.1, 0.15) is 0 Å². The lowest BCUT2D eigenvalue weighted by Gasteiger charge is -2.21. The summed E-state index contributed by atoms with van der Waals surface area (Å²) in [5.41, 5.74) is 5.86. The number of hydrogen-bond donors (Lipinski definition) is 0. The highest BCUT2D eigenvalue weighted by molar-refractivity contribution is 5.89. The summed E-state index contributed by atoms with van der Waals surface area (Å²) in [7, 11) is 0. The first-order chi connectivity index (χ1) is 7.12. The molecule has 78 valence electrons. The summed E-state index contributed by atoms with van der Waals surface area (Å²) in [5, 5.41) is 0. The molecule has 0 aliphatic heterocycles. The molecule has 0 saturated heterocycles. The van der Waals surface area contributed by atoms with E-state index in [4.69, 9.17) is 0 Å². The van der Waals surface area contributed by atoms with E-state index < -0.39 is 0 Å². The lowest BCUT2D eigenvalue weighted by Crippen LogP contribution is -2.14. The monoisotopic (exact) mass is 198 g/mol. The molecule has 0 N–H and O–H groups in total. The first-order valence-electron chi connectivity index (χ1n) is 5.56. The predicted octanol–water partition coefficient (Wildman–Crippen LogP) is 4.33. The highest BCUT2D eigenvalue weighted by Crippen LogP contribution is 2.49. The Morgan fingerprint density at radius 3 is 2.27 bits per heavy atom. The molecule has 0 bridgehead atoms. The minimum atomic E-state index is 0.160. The van der Waals surface area contributed by atoms with Gasteiger partial charge in [-0.05, 0) is 36.1 Å². The molecule has 0 fully saturated rings. The fourth-order valence-electron chi connectivity index (χ4n) is 2.72. The van der Waals surface area contributed by atoms with Gasteiger partial charge in [0, 0.05) is 5.41 Å². The van der Waals surface area contributed by atoms with Crippen molar-refractivity contribution in [3.63, 3.8) is 0 Å². The lowest BCUT2D eigenvalue weighted by atomic mass is 9.82.